The Hall–Kier alpha value is -2.05. The molecule has 0 spiro atoms. The van der Waals surface area contributed by atoms with Crippen LogP contribution in [-0.2, 0) is 4.74 Å². The van der Waals surface area contributed by atoms with Crippen LogP contribution in [0.15, 0.2) is 29.3 Å². The smallest absolute Gasteiger partial charge is 0.407 e. The van der Waals surface area contributed by atoms with Gasteiger partial charge in [0.25, 0.3) is 0 Å². The van der Waals surface area contributed by atoms with Crippen molar-refractivity contribution in [2.75, 3.05) is 38.1 Å². The zero-order chi connectivity index (χ0) is 22.1. The summed E-state index contributed by atoms with van der Waals surface area (Å²) in [5.41, 5.74) is 0.106. The number of benzene rings is 1. The van der Waals surface area contributed by atoms with Gasteiger partial charge in [0.2, 0.25) is 0 Å². The molecule has 1 fully saturated rings. The van der Waals surface area contributed by atoms with Crippen molar-refractivity contribution in [2.45, 2.75) is 45.4 Å². The van der Waals surface area contributed by atoms with E-state index in [9.17, 15) is 13.6 Å². The van der Waals surface area contributed by atoms with Gasteiger partial charge < -0.3 is 30.3 Å². The fourth-order valence-electron chi connectivity index (χ4n) is 3.06. The Bertz CT molecular complexity index is 731. The number of amides is 1. The molecule has 176 valence electrons. The Morgan fingerprint density at radius 1 is 1.26 bits per heavy atom. The van der Waals surface area contributed by atoms with Crippen molar-refractivity contribution in [1.82, 2.24) is 16.0 Å². The normalized spacial score (nSPS) is 16.5. The minimum absolute atomic E-state index is 0. The molecule has 1 aromatic carbocycles. The summed E-state index contributed by atoms with van der Waals surface area (Å²) in [5.74, 6) is 0.772. The van der Waals surface area contributed by atoms with E-state index in [4.69, 9.17) is 4.74 Å². The van der Waals surface area contributed by atoms with Gasteiger partial charge in [0.1, 0.15) is 11.4 Å². The summed E-state index contributed by atoms with van der Waals surface area (Å²) in [6.45, 7) is 4.74. The van der Waals surface area contributed by atoms with Crippen molar-refractivity contribution in [2.24, 2.45) is 4.99 Å². The number of alkyl carbamates (subject to hydrolysis) is 1. The zero-order valence-corrected chi connectivity index (χ0v) is 20.6. The summed E-state index contributed by atoms with van der Waals surface area (Å²) in [6, 6.07) is 6.88. The lowest BCUT2D eigenvalue weighted by molar-refractivity contribution is -0.0495. The Balaban J connectivity index is 0.00000480. The third kappa shape index (κ3) is 9.74. The zero-order valence-electron chi connectivity index (χ0n) is 18.3. The van der Waals surface area contributed by atoms with Gasteiger partial charge in [-0.1, -0.05) is 12.1 Å². The molecule has 0 bridgehead atoms. The number of carbonyl (C=O) groups excluding carboxylic acids is 1. The predicted molar refractivity (Wildman–Crippen MR) is 128 cm³/mol. The van der Waals surface area contributed by atoms with E-state index in [1.54, 1.807) is 52.1 Å². The molecular formula is C20H32F2IN5O3. The highest BCUT2D eigenvalue weighted by atomic mass is 127. The predicted octanol–water partition coefficient (Wildman–Crippen LogP) is 3.17. The van der Waals surface area contributed by atoms with E-state index < -0.39 is 18.3 Å². The number of carbonyl (C=O) groups is 1. The van der Waals surface area contributed by atoms with Crippen molar-refractivity contribution in [3.63, 3.8) is 0 Å². The molecule has 1 aliphatic heterocycles. The molecule has 11 heteroatoms. The van der Waals surface area contributed by atoms with Crippen molar-refractivity contribution in [3.8, 4) is 5.75 Å². The summed E-state index contributed by atoms with van der Waals surface area (Å²) in [4.78, 5) is 17.8. The van der Waals surface area contributed by atoms with Crippen LogP contribution in [0.25, 0.3) is 0 Å². The van der Waals surface area contributed by atoms with Crippen molar-refractivity contribution in [3.05, 3.63) is 24.3 Å². The highest BCUT2D eigenvalue weighted by Gasteiger charge is 2.26. The SMILES string of the molecule is CN=C(NCCNC(=O)OC(C)(C)C)NC1CCN(c2ccccc2OC(F)F)C1.I. The number of nitrogens with zero attached hydrogens (tertiary/aromatic N) is 2. The third-order valence-electron chi connectivity index (χ3n) is 4.26. The molecule has 3 N–H and O–H groups in total. The summed E-state index contributed by atoms with van der Waals surface area (Å²) in [7, 11) is 1.66. The quantitative estimate of drug-likeness (QED) is 0.208. The maximum Gasteiger partial charge on any atom is 0.407 e. The lowest BCUT2D eigenvalue weighted by atomic mass is 10.2. The minimum atomic E-state index is -2.86. The second kappa shape index (κ2) is 12.7. The van der Waals surface area contributed by atoms with E-state index in [0.717, 1.165) is 6.42 Å². The molecule has 0 radical (unpaired) electrons. The van der Waals surface area contributed by atoms with Crippen LogP contribution in [-0.4, -0.2) is 63.5 Å². The molecule has 1 aromatic rings. The molecule has 8 nitrogen and oxygen atoms in total. The first-order valence-corrected chi connectivity index (χ1v) is 9.91. The molecular weight excluding hydrogens is 523 g/mol. The maximum atomic E-state index is 12.6. The Labute approximate surface area is 199 Å². The van der Waals surface area contributed by atoms with Crippen LogP contribution in [0.3, 0.4) is 0 Å². The standard InChI is InChI=1S/C20H31F2N5O3.HI/c1-20(2,3)30-19(28)25-11-10-24-18(23-4)26-14-9-12-27(13-14)15-7-5-6-8-16(15)29-17(21)22;/h5-8,14,17H,9-13H2,1-4H3,(H,25,28)(H2,23,24,26);1H. The fraction of sp³-hybridized carbons (Fsp3) is 0.600. The van der Waals surface area contributed by atoms with Gasteiger partial charge in [0, 0.05) is 39.3 Å². The lowest BCUT2D eigenvalue weighted by Gasteiger charge is -2.22. The largest absolute Gasteiger partial charge is 0.444 e. The molecule has 1 amide bonds. The van der Waals surface area contributed by atoms with Gasteiger partial charge in [0.05, 0.1) is 5.69 Å². The number of halogens is 3. The molecule has 1 unspecified atom stereocenters. The average Bonchev–Trinajstić information content (AvgIpc) is 3.11. The van der Waals surface area contributed by atoms with E-state index in [1.165, 1.54) is 0 Å². The first-order valence-electron chi connectivity index (χ1n) is 9.91. The Morgan fingerprint density at radius 3 is 2.58 bits per heavy atom. The van der Waals surface area contributed by atoms with Gasteiger partial charge in [-0.3, -0.25) is 4.99 Å². The Morgan fingerprint density at radius 2 is 1.94 bits per heavy atom. The van der Waals surface area contributed by atoms with Crippen LogP contribution in [0.1, 0.15) is 27.2 Å². The van der Waals surface area contributed by atoms with Crippen LogP contribution in [0, 0.1) is 0 Å². The number of hydrogen-bond donors (Lipinski definition) is 3. The van der Waals surface area contributed by atoms with E-state index in [0.29, 0.717) is 37.8 Å². The fourth-order valence-corrected chi connectivity index (χ4v) is 3.06. The van der Waals surface area contributed by atoms with Gasteiger partial charge in [-0.05, 0) is 39.3 Å². The molecule has 0 aromatic heterocycles. The number of nitrogens with one attached hydrogen (secondary N) is 3. The van der Waals surface area contributed by atoms with Gasteiger partial charge >= 0.3 is 12.7 Å². The van der Waals surface area contributed by atoms with Crippen molar-refractivity contribution < 1.29 is 23.0 Å². The van der Waals surface area contributed by atoms with E-state index in [1.807, 2.05) is 4.90 Å². The third-order valence-corrected chi connectivity index (χ3v) is 4.26. The first-order chi connectivity index (χ1) is 14.2. The van der Waals surface area contributed by atoms with Crippen LogP contribution in [0.4, 0.5) is 19.3 Å². The van der Waals surface area contributed by atoms with E-state index in [2.05, 4.69) is 25.7 Å². The summed E-state index contributed by atoms with van der Waals surface area (Å²) >= 11 is 0. The Kier molecular flexibility index (Phi) is 11.1. The number of alkyl halides is 2. The molecule has 1 aliphatic rings. The number of para-hydroxylation sites is 2. The molecule has 1 atom stereocenters. The lowest BCUT2D eigenvalue weighted by Crippen LogP contribution is -2.46. The first kappa shape index (κ1) is 27.0. The monoisotopic (exact) mass is 555 g/mol. The van der Waals surface area contributed by atoms with Crippen molar-refractivity contribution in [1.29, 1.82) is 0 Å². The number of aliphatic imine (C=N–C) groups is 1. The number of anilines is 1. The molecule has 1 heterocycles. The average molecular weight is 555 g/mol. The van der Waals surface area contributed by atoms with Gasteiger partial charge in [-0.15, -0.1) is 24.0 Å². The number of ether oxygens (including phenoxy) is 2. The second-order valence-corrected chi connectivity index (χ2v) is 7.85. The van der Waals surface area contributed by atoms with Crippen LogP contribution >= 0.6 is 24.0 Å². The topological polar surface area (TPSA) is 87.2 Å². The molecule has 31 heavy (non-hydrogen) atoms. The second-order valence-electron chi connectivity index (χ2n) is 7.85. The highest BCUT2D eigenvalue weighted by Crippen LogP contribution is 2.31. The van der Waals surface area contributed by atoms with Gasteiger partial charge in [-0.25, -0.2) is 4.79 Å². The van der Waals surface area contributed by atoms with E-state index >= 15 is 0 Å². The van der Waals surface area contributed by atoms with Crippen LogP contribution in [0.2, 0.25) is 0 Å². The molecule has 0 saturated carbocycles. The molecule has 0 aliphatic carbocycles. The number of guanidine groups is 1. The number of hydrogen-bond acceptors (Lipinski definition) is 5. The maximum absolute atomic E-state index is 12.6. The van der Waals surface area contributed by atoms with Crippen molar-refractivity contribution >= 4 is 41.7 Å². The summed E-state index contributed by atoms with van der Waals surface area (Å²) < 4.78 is 35.1. The van der Waals surface area contributed by atoms with Crippen LogP contribution in [0.5, 0.6) is 5.75 Å². The molecule has 1 saturated heterocycles. The van der Waals surface area contributed by atoms with Gasteiger partial charge in [-0.2, -0.15) is 8.78 Å². The minimum Gasteiger partial charge on any atom is -0.444 e. The van der Waals surface area contributed by atoms with E-state index in [-0.39, 0.29) is 35.8 Å². The van der Waals surface area contributed by atoms with Crippen LogP contribution < -0.4 is 25.6 Å². The summed E-state index contributed by atoms with van der Waals surface area (Å²) in [5, 5.41) is 9.12. The van der Waals surface area contributed by atoms with Gasteiger partial charge in [0.15, 0.2) is 5.96 Å². The highest BCUT2D eigenvalue weighted by molar-refractivity contribution is 14.0. The molecule has 2 rings (SSSR count). The summed E-state index contributed by atoms with van der Waals surface area (Å²) in [6.07, 6.45) is 0.350. The number of rotatable bonds is 7.